The molecule has 0 spiro atoms. The molecule has 1 aliphatic rings. The van der Waals surface area contributed by atoms with E-state index < -0.39 is 22.4 Å². The topological polar surface area (TPSA) is 93.6 Å². The van der Waals surface area contributed by atoms with Crippen LogP contribution in [0.15, 0.2) is 34.5 Å². The first-order valence-corrected chi connectivity index (χ1v) is 14.2. The number of benzene rings is 1. The molecule has 2 heterocycles. The van der Waals surface area contributed by atoms with Gasteiger partial charge in [-0.05, 0) is 38.8 Å². The summed E-state index contributed by atoms with van der Waals surface area (Å²) in [7, 11) is -3.13. The molecule has 0 radical (unpaired) electrons. The van der Waals surface area contributed by atoms with Crippen molar-refractivity contribution in [3.05, 3.63) is 45.9 Å². The Morgan fingerprint density at radius 1 is 1.34 bits per heavy atom. The number of amides is 1. The first kappa shape index (κ1) is 24.7. The molecule has 0 aliphatic carbocycles. The third-order valence-corrected chi connectivity index (χ3v) is 9.11. The monoisotopic (exact) mass is 496 g/mol. The van der Waals surface area contributed by atoms with Crippen LogP contribution < -0.4 is 0 Å². The van der Waals surface area contributed by atoms with Gasteiger partial charge in [0.05, 0.1) is 27.8 Å². The molecule has 10 heteroatoms. The van der Waals surface area contributed by atoms with Crippen molar-refractivity contribution in [2.75, 3.05) is 18.1 Å². The normalized spacial score (nSPS) is 18.3. The molecule has 2 aromatic rings. The van der Waals surface area contributed by atoms with Crippen molar-refractivity contribution in [1.82, 2.24) is 9.88 Å². The Morgan fingerprint density at radius 2 is 2.09 bits per heavy atom. The van der Waals surface area contributed by atoms with Gasteiger partial charge < -0.3 is 9.64 Å². The Bertz CT molecular complexity index is 1070. The SMILES string of the molecule is CC[C@@H](C)N(C(=O)COC(=O)c1ccccc1SCc1csc(C)n1)[C@@H]1CCS(=O)(=O)C1. The van der Waals surface area contributed by atoms with Gasteiger partial charge in [0.2, 0.25) is 0 Å². The van der Waals surface area contributed by atoms with Crippen molar-refractivity contribution in [3.63, 3.8) is 0 Å². The Labute approximate surface area is 197 Å². The van der Waals surface area contributed by atoms with Gasteiger partial charge in [-0.25, -0.2) is 18.2 Å². The van der Waals surface area contributed by atoms with E-state index in [1.807, 2.05) is 38.3 Å². The predicted octanol–water partition coefficient (Wildman–Crippen LogP) is 3.71. The number of thioether (sulfide) groups is 1. The second kappa shape index (κ2) is 10.8. The zero-order valence-corrected chi connectivity index (χ0v) is 20.9. The van der Waals surface area contributed by atoms with Crippen molar-refractivity contribution in [2.45, 2.75) is 56.3 Å². The summed E-state index contributed by atoms with van der Waals surface area (Å²) in [5.74, 6) is -0.254. The minimum absolute atomic E-state index is 0.0351. The minimum atomic E-state index is -3.13. The molecule has 1 saturated heterocycles. The molecule has 0 unspecified atom stereocenters. The predicted molar refractivity (Wildman–Crippen MR) is 127 cm³/mol. The fraction of sp³-hybridized carbons (Fsp3) is 0.500. The van der Waals surface area contributed by atoms with Gasteiger partial charge in [-0.3, -0.25) is 4.79 Å². The molecule has 0 saturated carbocycles. The number of thiazole rings is 1. The summed E-state index contributed by atoms with van der Waals surface area (Å²) in [6, 6.07) is 6.62. The molecule has 1 amide bonds. The van der Waals surface area contributed by atoms with Crippen LogP contribution in [0.25, 0.3) is 0 Å². The molecule has 2 atom stereocenters. The maximum Gasteiger partial charge on any atom is 0.339 e. The number of aromatic nitrogens is 1. The largest absolute Gasteiger partial charge is 0.452 e. The molecule has 1 aliphatic heterocycles. The van der Waals surface area contributed by atoms with Gasteiger partial charge >= 0.3 is 5.97 Å². The highest BCUT2D eigenvalue weighted by molar-refractivity contribution is 7.98. The van der Waals surface area contributed by atoms with E-state index >= 15 is 0 Å². The van der Waals surface area contributed by atoms with Gasteiger partial charge in [-0.1, -0.05) is 19.1 Å². The van der Waals surface area contributed by atoms with Crippen LogP contribution in [-0.2, 0) is 25.1 Å². The number of hydrogen-bond donors (Lipinski definition) is 0. The standard InChI is InChI=1S/C22H28N2O5S3/c1-4-15(2)24(18-9-10-32(27,28)14-18)21(25)11-29-22(26)19-7-5-6-8-20(19)31-13-17-12-30-16(3)23-17/h5-8,12,15,18H,4,9-11,13-14H2,1-3H3/t15-,18-/m1/s1. The van der Waals surface area contributed by atoms with Crippen LogP contribution in [0.3, 0.4) is 0 Å². The second-order valence-electron chi connectivity index (χ2n) is 7.83. The van der Waals surface area contributed by atoms with Crippen molar-refractivity contribution in [1.29, 1.82) is 0 Å². The number of sulfone groups is 1. The summed E-state index contributed by atoms with van der Waals surface area (Å²) in [6.07, 6.45) is 1.10. The summed E-state index contributed by atoms with van der Waals surface area (Å²) in [5, 5.41) is 2.99. The summed E-state index contributed by atoms with van der Waals surface area (Å²) < 4.78 is 29.2. The lowest BCUT2D eigenvalue weighted by Crippen LogP contribution is -2.48. The maximum absolute atomic E-state index is 12.9. The quantitative estimate of drug-likeness (QED) is 0.386. The lowest BCUT2D eigenvalue weighted by Gasteiger charge is -2.33. The number of carbonyl (C=O) groups excluding carboxylic acids is 2. The lowest BCUT2D eigenvalue weighted by molar-refractivity contribution is -0.138. The molecular weight excluding hydrogens is 468 g/mol. The molecular formula is C22H28N2O5S3. The number of carbonyl (C=O) groups is 2. The van der Waals surface area contributed by atoms with E-state index in [9.17, 15) is 18.0 Å². The third-order valence-electron chi connectivity index (χ3n) is 5.43. The molecule has 1 fully saturated rings. The number of ether oxygens (including phenoxy) is 1. The number of rotatable bonds is 9. The molecule has 0 bridgehead atoms. The van der Waals surface area contributed by atoms with Crippen LogP contribution in [0.4, 0.5) is 0 Å². The van der Waals surface area contributed by atoms with Gasteiger partial charge in [0.1, 0.15) is 0 Å². The summed E-state index contributed by atoms with van der Waals surface area (Å²) in [6.45, 7) is 5.36. The molecule has 7 nitrogen and oxygen atoms in total. The number of hydrogen-bond acceptors (Lipinski definition) is 8. The Hall–Kier alpha value is -1.91. The fourth-order valence-corrected chi connectivity index (χ4v) is 7.03. The highest BCUT2D eigenvalue weighted by Crippen LogP contribution is 2.27. The summed E-state index contributed by atoms with van der Waals surface area (Å²) in [5.41, 5.74) is 1.35. The summed E-state index contributed by atoms with van der Waals surface area (Å²) in [4.78, 5) is 32.5. The first-order chi connectivity index (χ1) is 15.2. The van der Waals surface area contributed by atoms with Crippen molar-refractivity contribution in [2.24, 2.45) is 0 Å². The van der Waals surface area contributed by atoms with Gasteiger partial charge in [0, 0.05) is 28.1 Å². The third kappa shape index (κ3) is 6.32. The Balaban J connectivity index is 1.64. The van der Waals surface area contributed by atoms with E-state index in [0.717, 1.165) is 15.6 Å². The van der Waals surface area contributed by atoms with E-state index in [1.165, 1.54) is 11.8 Å². The smallest absolute Gasteiger partial charge is 0.339 e. The van der Waals surface area contributed by atoms with Crippen LogP contribution >= 0.6 is 23.1 Å². The number of nitrogens with zero attached hydrogens (tertiary/aromatic N) is 2. The lowest BCUT2D eigenvalue weighted by atomic mass is 10.1. The molecule has 32 heavy (non-hydrogen) atoms. The van der Waals surface area contributed by atoms with Gasteiger partial charge in [-0.2, -0.15) is 0 Å². The van der Waals surface area contributed by atoms with Crippen LogP contribution in [0.5, 0.6) is 0 Å². The van der Waals surface area contributed by atoms with Crippen LogP contribution in [-0.4, -0.2) is 60.4 Å². The van der Waals surface area contributed by atoms with E-state index in [0.29, 0.717) is 24.2 Å². The van der Waals surface area contributed by atoms with Gasteiger partial charge in [0.25, 0.3) is 5.91 Å². The first-order valence-electron chi connectivity index (χ1n) is 10.5. The molecule has 174 valence electrons. The average molecular weight is 497 g/mol. The Morgan fingerprint density at radius 3 is 2.72 bits per heavy atom. The minimum Gasteiger partial charge on any atom is -0.452 e. The average Bonchev–Trinajstić information content (AvgIpc) is 3.35. The fourth-order valence-electron chi connectivity index (χ4n) is 3.67. The van der Waals surface area contributed by atoms with E-state index in [2.05, 4.69) is 4.98 Å². The van der Waals surface area contributed by atoms with Gasteiger partial charge in [-0.15, -0.1) is 23.1 Å². The maximum atomic E-state index is 12.9. The summed E-state index contributed by atoms with van der Waals surface area (Å²) >= 11 is 3.07. The highest BCUT2D eigenvalue weighted by Gasteiger charge is 2.36. The van der Waals surface area contributed by atoms with Crippen LogP contribution in [0.2, 0.25) is 0 Å². The van der Waals surface area contributed by atoms with Gasteiger partial charge in [0.15, 0.2) is 16.4 Å². The zero-order valence-electron chi connectivity index (χ0n) is 18.4. The van der Waals surface area contributed by atoms with E-state index in [-0.39, 0.29) is 29.5 Å². The Kier molecular flexibility index (Phi) is 8.35. The van der Waals surface area contributed by atoms with Crippen molar-refractivity contribution < 1.29 is 22.7 Å². The molecule has 1 aromatic carbocycles. The molecule has 3 rings (SSSR count). The van der Waals surface area contributed by atoms with Crippen LogP contribution in [0, 0.1) is 6.92 Å². The molecule has 0 N–H and O–H groups in total. The second-order valence-corrected chi connectivity index (χ2v) is 12.1. The molecule has 1 aromatic heterocycles. The van der Waals surface area contributed by atoms with Crippen LogP contribution in [0.1, 0.15) is 47.7 Å². The van der Waals surface area contributed by atoms with E-state index in [4.69, 9.17) is 4.74 Å². The number of aryl methyl sites for hydroxylation is 1. The van der Waals surface area contributed by atoms with E-state index in [1.54, 1.807) is 28.4 Å². The van der Waals surface area contributed by atoms with Crippen molar-refractivity contribution >= 4 is 44.8 Å². The zero-order chi connectivity index (χ0) is 23.3. The van der Waals surface area contributed by atoms with Crippen molar-refractivity contribution in [3.8, 4) is 0 Å². The number of esters is 1. The highest BCUT2D eigenvalue weighted by atomic mass is 32.2.